The maximum absolute atomic E-state index is 9.89. The van der Waals surface area contributed by atoms with E-state index in [0.717, 1.165) is 86.7 Å². The number of nitrogens with one attached hydrogen (secondary N) is 1. The SMILES string of the molecule is CCCCc1c(C)c(C#N)c2nc3ccccc3n2c1NCCN1CCOCC1. The molecule has 6 heteroatoms. The first-order valence-electron chi connectivity index (χ1n) is 10.6. The molecule has 0 saturated carbocycles. The van der Waals surface area contributed by atoms with Gasteiger partial charge in [-0.2, -0.15) is 5.26 Å². The van der Waals surface area contributed by atoms with Gasteiger partial charge in [0.2, 0.25) is 0 Å². The fourth-order valence-corrected chi connectivity index (χ4v) is 4.19. The number of hydrogen-bond donors (Lipinski definition) is 1. The van der Waals surface area contributed by atoms with E-state index in [4.69, 9.17) is 9.72 Å². The Labute approximate surface area is 172 Å². The Balaban J connectivity index is 1.79. The summed E-state index contributed by atoms with van der Waals surface area (Å²) in [5.74, 6) is 1.09. The summed E-state index contributed by atoms with van der Waals surface area (Å²) in [5.41, 5.74) is 5.70. The van der Waals surface area contributed by atoms with E-state index < -0.39 is 0 Å². The molecule has 4 rings (SSSR count). The van der Waals surface area contributed by atoms with Crippen molar-refractivity contribution in [1.29, 1.82) is 5.26 Å². The number of benzene rings is 1. The molecule has 0 radical (unpaired) electrons. The molecular weight excluding hydrogens is 362 g/mol. The summed E-state index contributed by atoms with van der Waals surface area (Å²) in [4.78, 5) is 7.23. The molecule has 29 heavy (non-hydrogen) atoms. The van der Waals surface area contributed by atoms with E-state index in [0.29, 0.717) is 5.56 Å². The largest absolute Gasteiger partial charge is 0.379 e. The molecule has 0 amide bonds. The number of ether oxygens (including phenoxy) is 1. The van der Waals surface area contributed by atoms with E-state index >= 15 is 0 Å². The normalized spacial score (nSPS) is 15.1. The number of pyridine rings is 1. The molecule has 2 aromatic heterocycles. The Hall–Kier alpha value is -2.62. The monoisotopic (exact) mass is 391 g/mol. The standard InChI is InChI=1S/C23H29N5O/c1-3-4-7-18-17(2)19(16-24)23-26-20-8-5-6-9-21(20)28(23)22(18)25-10-11-27-12-14-29-15-13-27/h5-6,8-9,25H,3-4,7,10-15H2,1-2H3. The first-order chi connectivity index (χ1) is 14.2. The van der Waals surface area contributed by atoms with Crippen molar-refractivity contribution in [1.82, 2.24) is 14.3 Å². The molecule has 3 heterocycles. The number of imidazole rings is 1. The molecule has 0 unspecified atom stereocenters. The summed E-state index contributed by atoms with van der Waals surface area (Å²) in [6.07, 6.45) is 3.18. The lowest BCUT2D eigenvalue weighted by molar-refractivity contribution is 0.0398. The third-order valence-corrected chi connectivity index (χ3v) is 5.84. The Morgan fingerprint density at radius 3 is 2.79 bits per heavy atom. The number of nitrogens with zero attached hydrogens (tertiary/aromatic N) is 4. The second kappa shape index (κ2) is 8.81. The zero-order chi connectivity index (χ0) is 20.2. The van der Waals surface area contributed by atoms with Crippen LogP contribution in [-0.4, -0.2) is 53.7 Å². The van der Waals surface area contributed by atoms with Gasteiger partial charge in [-0.3, -0.25) is 9.30 Å². The highest BCUT2D eigenvalue weighted by Crippen LogP contribution is 2.31. The van der Waals surface area contributed by atoms with Crippen LogP contribution in [0.3, 0.4) is 0 Å². The first kappa shape index (κ1) is 19.7. The van der Waals surface area contributed by atoms with Crippen LogP contribution in [0.5, 0.6) is 0 Å². The maximum Gasteiger partial charge on any atom is 0.157 e. The van der Waals surface area contributed by atoms with E-state index in [1.54, 1.807) is 0 Å². The van der Waals surface area contributed by atoms with Gasteiger partial charge in [-0.1, -0.05) is 25.5 Å². The smallest absolute Gasteiger partial charge is 0.157 e. The maximum atomic E-state index is 9.89. The summed E-state index contributed by atoms with van der Waals surface area (Å²) in [7, 11) is 0. The number of fused-ring (bicyclic) bond motifs is 3. The molecule has 3 aromatic rings. The van der Waals surface area contributed by atoms with Crippen molar-refractivity contribution < 1.29 is 4.74 Å². The molecule has 1 aromatic carbocycles. The van der Waals surface area contributed by atoms with Gasteiger partial charge < -0.3 is 10.1 Å². The van der Waals surface area contributed by atoms with E-state index in [-0.39, 0.29) is 0 Å². The van der Waals surface area contributed by atoms with Gasteiger partial charge in [-0.25, -0.2) is 4.98 Å². The van der Waals surface area contributed by atoms with Crippen molar-refractivity contribution in [3.05, 3.63) is 41.0 Å². The van der Waals surface area contributed by atoms with Gasteiger partial charge in [-0.15, -0.1) is 0 Å². The van der Waals surface area contributed by atoms with E-state index in [9.17, 15) is 5.26 Å². The number of nitriles is 1. The van der Waals surface area contributed by atoms with Crippen LogP contribution in [0.25, 0.3) is 16.7 Å². The van der Waals surface area contributed by atoms with Gasteiger partial charge in [0.1, 0.15) is 11.9 Å². The van der Waals surface area contributed by atoms with E-state index in [1.807, 2.05) is 18.2 Å². The van der Waals surface area contributed by atoms with Crippen LogP contribution in [0, 0.1) is 18.3 Å². The van der Waals surface area contributed by atoms with E-state index in [2.05, 4.69) is 40.6 Å². The fourth-order valence-electron chi connectivity index (χ4n) is 4.19. The molecule has 152 valence electrons. The summed E-state index contributed by atoms with van der Waals surface area (Å²) < 4.78 is 7.62. The predicted molar refractivity (Wildman–Crippen MR) is 117 cm³/mol. The fraction of sp³-hybridized carbons (Fsp3) is 0.478. The predicted octanol–water partition coefficient (Wildman–Crippen LogP) is 3.75. The zero-order valence-corrected chi connectivity index (χ0v) is 17.4. The molecular formula is C23H29N5O. The molecule has 0 atom stereocenters. The number of rotatable bonds is 7. The van der Waals surface area contributed by atoms with Crippen LogP contribution in [0.1, 0.15) is 36.5 Å². The van der Waals surface area contributed by atoms with Gasteiger partial charge in [-0.05, 0) is 43.0 Å². The summed E-state index contributed by atoms with van der Waals surface area (Å²) >= 11 is 0. The molecule has 6 nitrogen and oxygen atoms in total. The minimum absolute atomic E-state index is 0.686. The number of anilines is 1. The van der Waals surface area contributed by atoms with Crippen LogP contribution in [0.15, 0.2) is 24.3 Å². The van der Waals surface area contributed by atoms with Crippen molar-refractivity contribution in [3.8, 4) is 6.07 Å². The second-order valence-electron chi connectivity index (χ2n) is 7.68. The van der Waals surface area contributed by atoms with Crippen LogP contribution >= 0.6 is 0 Å². The summed E-state index contributed by atoms with van der Waals surface area (Å²) in [6, 6.07) is 10.6. The van der Waals surface area contributed by atoms with Gasteiger partial charge in [0.05, 0.1) is 29.8 Å². The lowest BCUT2D eigenvalue weighted by Gasteiger charge is -2.27. The second-order valence-corrected chi connectivity index (χ2v) is 7.68. The molecule has 1 saturated heterocycles. The molecule has 1 N–H and O–H groups in total. The molecule has 1 fully saturated rings. The van der Waals surface area contributed by atoms with E-state index in [1.165, 1.54) is 5.56 Å². The Bertz CT molecular complexity index is 1040. The van der Waals surface area contributed by atoms with Crippen LogP contribution < -0.4 is 5.32 Å². The van der Waals surface area contributed by atoms with Crippen LogP contribution in [0.4, 0.5) is 5.82 Å². The Kier molecular flexibility index (Phi) is 5.98. The van der Waals surface area contributed by atoms with Crippen molar-refractivity contribution in [3.63, 3.8) is 0 Å². The van der Waals surface area contributed by atoms with Crippen molar-refractivity contribution in [2.75, 3.05) is 44.7 Å². The first-order valence-corrected chi connectivity index (χ1v) is 10.6. The summed E-state index contributed by atoms with van der Waals surface area (Å²) in [5, 5.41) is 13.6. The lowest BCUT2D eigenvalue weighted by atomic mass is 9.99. The van der Waals surface area contributed by atoms with Crippen LogP contribution in [-0.2, 0) is 11.2 Å². The average Bonchev–Trinajstić information content (AvgIpc) is 3.13. The van der Waals surface area contributed by atoms with Gasteiger partial charge >= 0.3 is 0 Å². The van der Waals surface area contributed by atoms with Crippen LogP contribution in [0.2, 0.25) is 0 Å². The number of morpholine rings is 1. The number of hydrogen-bond acceptors (Lipinski definition) is 5. The molecule has 1 aliphatic rings. The number of unbranched alkanes of at least 4 members (excludes halogenated alkanes) is 1. The minimum Gasteiger partial charge on any atom is -0.379 e. The van der Waals surface area contributed by atoms with Crippen molar-refractivity contribution in [2.45, 2.75) is 33.1 Å². The average molecular weight is 392 g/mol. The quantitative estimate of drug-likeness (QED) is 0.664. The number of para-hydroxylation sites is 2. The number of aromatic nitrogens is 2. The topological polar surface area (TPSA) is 65.6 Å². The van der Waals surface area contributed by atoms with Crippen molar-refractivity contribution >= 4 is 22.5 Å². The molecule has 0 bridgehead atoms. The highest BCUT2D eigenvalue weighted by atomic mass is 16.5. The molecule has 0 aliphatic carbocycles. The summed E-state index contributed by atoms with van der Waals surface area (Å²) in [6.45, 7) is 9.70. The lowest BCUT2D eigenvalue weighted by Crippen LogP contribution is -2.39. The minimum atomic E-state index is 0.686. The Morgan fingerprint density at radius 1 is 1.24 bits per heavy atom. The van der Waals surface area contributed by atoms with Gasteiger partial charge in [0.25, 0.3) is 0 Å². The molecule has 1 aliphatic heterocycles. The van der Waals surface area contributed by atoms with Crippen molar-refractivity contribution in [2.24, 2.45) is 0 Å². The highest BCUT2D eigenvalue weighted by Gasteiger charge is 2.20. The van der Waals surface area contributed by atoms with Gasteiger partial charge in [0, 0.05) is 26.2 Å². The zero-order valence-electron chi connectivity index (χ0n) is 17.4. The Morgan fingerprint density at radius 2 is 2.03 bits per heavy atom. The third-order valence-electron chi connectivity index (χ3n) is 5.84. The molecule has 0 spiro atoms. The van der Waals surface area contributed by atoms with Gasteiger partial charge in [0.15, 0.2) is 5.65 Å². The third kappa shape index (κ3) is 3.81. The highest BCUT2D eigenvalue weighted by molar-refractivity contribution is 5.86.